The highest BCUT2D eigenvalue weighted by atomic mass is 19.1. The SMILES string of the molecule is CN1CC(=O)N2[C@@H](CCC(=O)O)C(=O)N(CC(c3ccccc3)c3ccccc3)C[C@@H]2N1C(C=O)=NCc1ccc(F)cc1. The second-order valence-electron chi connectivity index (χ2n) is 10.9. The van der Waals surface area contributed by atoms with Gasteiger partial charge in [0.2, 0.25) is 11.8 Å². The summed E-state index contributed by atoms with van der Waals surface area (Å²) >= 11 is 0. The number of benzene rings is 3. The summed E-state index contributed by atoms with van der Waals surface area (Å²) in [6, 6.07) is 24.3. The van der Waals surface area contributed by atoms with Crippen molar-refractivity contribution in [3.63, 3.8) is 0 Å². The maximum Gasteiger partial charge on any atom is 0.303 e. The summed E-state index contributed by atoms with van der Waals surface area (Å²) in [4.78, 5) is 59.2. The molecule has 11 heteroatoms. The number of aliphatic carboxylic acids is 1. The van der Waals surface area contributed by atoms with Crippen LogP contribution in [0.25, 0.3) is 0 Å². The molecule has 0 unspecified atom stereocenters. The molecule has 2 fully saturated rings. The lowest BCUT2D eigenvalue weighted by Crippen LogP contribution is -2.75. The lowest BCUT2D eigenvalue weighted by atomic mass is 9.90. The number of carbonyl (C=O) groups excluding carboxylic acids is 3. The molecule has 3 aromatic carbocycles. The van der Waals surface area contributed by atoms with Gasteiger partial charge in [0.25, 0.3) is 0 Å². The molecule has 2 aliphatic rings. The van der Waals surface area contributed by atoms with Gasteiger partial charge in [-0.2, -0.15) is 0 Å². The Balaban J connectivity index is 1.52. The van der Waals surface area contributed by atoms with Gasteiger partial charge in [-0.15, -0.1) is 0 Å². The van der Waals surface area contributed by atoms with Gasteiger partial charge in [-0.3, -0.25) is 29.2 Å². The fourth-order valence-corrected chi connectivity index (χ4v) is 5.96. The highest BCUT2D eigenvalue weighted by Gasteiger charge is 2.50. The number of aliphatic imine (C=N–C) groups is 1. The zero-order valence-electron chi connectivity index (χ0n) is 24.3. The van der Waals surface area contributed by atoms with Crippen LogP contribution in [0.2, 0.25) is 0 Å². The second-order valence-corrected chi connectivity index (χ2v) is 10.9. The quantitative estimate of drug-likeness (QED) is 0.216. The number of piperazine rings is 1. The van der Waals surface area contributed by atoms with Crippen LogP contribution in [-0.2, 0) is 25.7 Å². The summed E-state index contributed by atoms with van der Waals surface area (Å²) in [5.74, 6) is -2.31. The zero-order valence-corrected chi connectivity index (χ0v) is 24.3. The first-order valence-electron chi connectivity index (χ1n) is 14.4. The van der Waals surface area contributed by atoms with Crippen molar-refractivity contribution in [2.24, 2.45) is 4.99 Å². The first kappa shape index (κ1) is 30.6. The van der Waals surface area contributed by atoms with Crippen molar-refractivity contribution >= 4 is 29.9 Å². The highest BCUT2D eigenvalue weighted by molar-refractivity contribution is 6.27. The Morgan fingerprint density at radius 1 is 1.00 bits per heavy atom. The monoisotopic (exact) mass is 599 g/mol. The number of amidine groups is 1. The van der Waals surface area contributed by atoms with Crippen molar-refractivity contribution in [1.29, 1.82) is 0 Å². The maximum atomic E-state index is 14.1. The smallest absolute Gasteiger partial charge is 0.303 e. The summed E-state index contributed by atoms with van der Waals surface area (Å²) in [7, 11) is 1.66. The van der Waals surface area contributed by atoms with Crippen LogP contribution in [0.3, 0.4) is 0 Å². The first-order chi connectivity index (χ1) is 21.3. The molecule has 0 aliphatic carbocycles. The Labute approximate surface area is 255 Å². The van der Waals surface area contributed by atoms with E-state index in [1.807, 2.05) is 60.7 Å². The van der Waals surface area contributed by atoms with Crippen LogP contribution in [0, 0.1) is 5.82 Å². The Bertz CT molecular complexity index is 1480. The maximum absolute atomic E-state index is 14.1. The summed E-state index contributed by atoms with van der Waals surface area (Å²) in [5.41, 5.74) is 2.69. The number of hydrogen-bond donors (Lipinski definition) is 1. The minimum Gasteiger partial charge on any atom is -0.481 e. The lowest BCUT2D eigenvalue weighted by Gasteiger charge is -2.55. The zero-order chi connectivity index (χ0) is 31.2. The summed E-state index contributed by atoms with van der Waals surface area (Å²) < 4.78 is 13.4. The number of carboxylic acids is 1. The second kappa shape index (κ2) is 13.6. The number of aldehydes is 1. The van der Waals surface area contributed by atoms with Gasteiger partial charge in [-0.1, -0.05) is 72.8 Å². The van der Waals surface area contributed by atoms with Gasteiger partial charge in [0.1, 0.15) is 18.0 Å². The molecule has 3 aromatic rings. The standard InChI is InChI=1S/C33H34FN5O5/c1-36-21-31(41)38-28(16-17-32(42)43)33(44)37(19-27(24-8-4-2-5-9-24)25-10-6-3-7-11-25)20-30(38)39(36)29(22-40)35-18-23-12-14-26(34)15-13-23/h2-15,22,27-28,30H,16-21H2,1H3,(H,42,43)/t28-,30-/m0/s1. The molecular formula is C33H34FN5O5. The van der Waals surface area contributed by atoms with E-state index in [2.05, 4.69) is 4.99 Å². The van der Waals surface area contributed by atoms with Gasteiger partial charge >= 0.3 is 5.97 Å². The van der Waals surface area contributed by atoms with E-state index in [1.54, 1.807) is 34.1 Å². The molecule has 5 rings (SSSR count). The van der Waals surface area contributed by atoms with Gasteiger partial charge < -0.3 is 14.9 Å². The number of fused-ring (bicyclic) bond motifs is 1. The van der Waals surface area contributed by atoms with Gasteiger partial charge in [-0.25, -0.2) is 9.40 Å². The van der Waals surface area contributed by atoms with Crippen LogP contribution in [0.5, 0.6) is 0 Å². The number of likely N-dealkylation sites (N-methyl/N-ethyl adjacent to an activating group) is 1. The van der Waals surface area contributed by atoms with Crippen LogP contribution in [-0.4, -0.2) is 93.7 Å². The fraction of sp³-hybridized carbons (Fsp3) is 0.303. The van der Waals surface area contributed by atoms with Gasteiger partial charge in [0.05, 0.1) is 19.6 Å². The van der Waals surface area contributed by atoms with Crippen LogP contribution in [0.1, 0.15) is 35.4 Å². The van der Waals surface area contributed by atoms with E-state index in [4.69, 9.17) is 0 Å². The van der Waals surface area contributed by atoms with E-state index < -0.39 is 18.2 Å². The van der Waals surface area contributed by atoms with Gasteiger partial charge in [0, 0.05) is 25.9 Å². The molecule has 2 aliphatic heterocycles. The molecule has 0 radical (unpaired) electrons. The van der Waals surface area contributed by atoms with Crippen molar-refractivity contribution in [1.82, 2.24) is 19.8 Å². The lowest BCUT2D eigenvalue weighted by molar-refractivity contribution is -0.185. The summed E-state index contributed by atoms with van der Waals surface area (Å²) in [6.07, 6.45) is -0.592. The highest BCUT2D eigenvalue weighted by Crippen LogP contribution is 2.32. The fourth-order valence-electron chi connectivity index (χ4n) is 5.96. The molecule has 2 saturated heterocycles. The normalized spacial score (nSPS) is 19.3. The molecule has 10 nitrogen and oxygen atoms in total. The Hall–Kier alpha value is -4.90. The minimum absolute atomic E-state index is 0.0354. The number of carboxylic acid groups (broad SMARTS) is 1. The molecular weight excluding hydrogens is 565 g/mol. The summed E-state index contributed by atoms with van der Waals surface area (Å²) in [6.45, 7) is 0.301. The average molecular weight is 600 g/mol. The number of carbonyl (C=O) groups is 4. The number of rotatable bonds is 10. The van der Waals surface area contributed by atoms with Crippen LogP contribution in [0.15, 0.2) is 89.9 Å². The van der Waals surface area contributed by atoms with Crippen LogP contribution >= 0.6 is 0 Å². The molecule has 0 spiro atoms. The minimum atomic E-state index is -1.08. The topological polar surface area (TPSA) is 114 Å². The van der Waals surface area contributed by atoms with E-state index in [-0.39, 0.29) is 68.4 Å². The number of amides is 2. The molecule has 228 valence electrons. The molecule has 0 aromatic heterocycles. The number of nitrogens with zero attached hydrogens (tertiary/aromatic N) is 5. The van der Waals surface area contributed by atoms with Gasteiger partial charge in [0.15, 0.2) is 12.1 Å². The molecule has 44 heavy (non-hydrogen) atoms. The van der Waals surface area contributed by atoms with Crippen molar-refractivity contribution in [3.8, 4) is 0 Å². The molecule has 2 amide bonds. The van der Waals surface area contributed by atoms with Crippen LogP contribution in [0.4, 0.5) is 4.39 Å². The predicted octanol–water partition coefficient (Wildman–Crippen LogP) is 3.15. The Morgan fingerprint density at radius 2 is 1.61 bits per heavy atom. The molecule has 0 saturated carbocycles. The third kappa shape index (κ3) is 6.68. The molecule has 1 N–H and O–H groups in total. The van der Waals surface area contributed by atoms with Crippen molar-refractivity contribution in [2.75, 3.05) is 26.7 Å². The van der Waals surface area contributed by atoms with E-state index in [0.29, 0.717) is 11.8 Å². The number of hydrogen-bond acceptors (Lipinski definition) is 6. The number of halogens is 1. The van der Waals surface area contributed by atoms with E-state index in [1.165, 1.54) is 17.0 Å². The van der Waals surface area contributed by atoms with Gasteiger partial charge in [-0.05, 0) is 35.2 Å². The van der Waals surface area contributed by atoms with E-state index in [9.17, 15) is 28.7 Å². The van der Waals surface area contributed by atoms with Crippen molar-refractivity contribution in [2.45, 2.75) is 37.5 Å². The Morgan fingerprint density at radius 3 is 2.18 bits per heavy atom. The number of hydrazine groups is 1. The summed E-state index contributed by atoms with van der Waals surface area (Å²) in [5, 5.41) is 12.7. The average Bonchev–Trinajstić information content (AvgIpc) is 3.02. The predicted molar refractivity (Wildman–Crippen MR) is 161 cm³/mol. The first-order valence-corrected chi connectivity index (χ1v) is 14.4. The molecule has 2 atom stereocenters. The van der Waals surface area contributed by atoms with Crippen LogP contribution < -0.4 is 0 Å². The van der Waals surface area contributed by atoms with E-state index in [0.717, 1.165) is 11.1 Å². The van der Waals surface area contributed by atoms with Crippen molar-refractivity contribution in [3.05, 3.63) is 107 Å². The van der Waals surface area contributed by atoms with Crippen molar-refractivity contribution < 1.29 is 28.7 Å². The molecule has 2 heterocycles. The largest absolute Gasteiger partial charge is 0.481 e. The third-order valence-electron chi connectivity index (χ3n) is 8.06. The molecule has 0 bridgehead atoms. The Kier molecular flexibility index (Phi) is 9.44. The third-order valence-corrected chi connectivity index (χ3v) is 8.06. The van der Waals surface area contributed by atoms with E-state index >= 15 is 0 Å².